The lowest BCUT2D eigenvalue weighted by Gasteiger charge is -2.10. The van der Waals surface area contributed by atoms with Crippen LogP contribution in [0.25, 0.3) is 0 Å². The average Bonchev–Trinajstić information content (AvgIpc) is 2.36. The van der Waals surface area contributed by atoms with Gasteiger partial charge >= 0.3 is 0 Å². The topological polar surface area (TPSA) is 26.3 Å². The maximum absolute atomic E-state index is 11.4. The van der Waals surface area contributed by atoms with E-state index in [1.54, 1.807) is 12.1 Å². The summed E-state index contributed by atoms with van der Waals surface area (Å²) in [4.78, 5) is 11.4. The van der Waals surface area contributed by atoms with E-state index in [-0.39, 0.29) is 5.78 Å². The second-order valence-electron chi connectivity index (χ2n) is 4.09. The van der Waals surface area contributed by atoms with Gasteiger partial charge in [-0.1, -0.05) is 41.9 Å². The van der Waals surface area contributed by atoms with Crippen molar-refractivity contribution in [3.63, 3.8) is 0 Å². The van der Waals surface area contributed by atoms with Crippen LogP contribution in [0.5, 0.6) is 5.75 Å². The molecule has 0 heterocycles. The van der Waals surface area contributed by atoms with Crippen LogP contribution < -0.4 is 4.74 Å². The standard InChI is InChI=1S/C15H12BrClO2/c1-10(18)15-13(16)7-12(8-14(15)17)19-9-11-5-3-2-4-6-11/h2-8H,9H2,1H3. The highest BCUT2D eigenvalue weighted by Gasteiger charge is 2.12. The lowest BCUT2D eigenvalue weighted by atomic mass is 10.1. The Morgan fingerprint density at radius 3 is 2.53 bits per heavy atom. The maximum Gasteiger partial charge on any atom is 0.162 e. The molecule has 0 bridgehead atoms. The van der Waals surface area contributed by atoms with Gasteiger partial charge in [-0.3, -0.25) is 4.79 Å². The highest BCUT2D eigenvalue weighted by Crippen LogP contribution is 2.31. The zero-order valence-corrected chi connectivity index (χ0v) is 12.7. The van der Waals surface area contributed by atoms with Gasteiger partial charge in [0.2, 0.25) is 0 Å². The third kappa shape index (κ3) is 3.58. The van der Waals surface area contributed by atoms with Gasteiger partial charge in [0.15, 0.2) is 5.78 Å². The van der Waals surface area contributed by atoms with Crippen molar-refractivity contribution in [3.8, 4) is 5.75 Å². The van der Waals surface area contributed by atoms with E-state index >= 15 is 0 Å². The number of halogens is 2. The van der Waals surface area contributed by atoms with Gasteiger partial charge in [0.05, 0.1) is 10.6 Å². The third-order valence-electron chi connectivity index (χ3n) is 2.62. The first-order chi connectivity index (χ1) is 9.08. The van der Waals surface area contributed by atoms with Crippen LogP contribution in [0.2, 0.25) is 5.02 Å². The lowest BCUT2D eigenvalue weighted by molar-refractivity contribution is 0.101. The van der Waals surface area contributed by atoms with E-state index in [0.717, 1.165) is 5.56 Å². The molecule has 2 aromatic carbocycles. The SMILES string of the molecule is CC(=O)c1c(Cl)cc(OCc2ccccc2)cc1Br. The van der Waals surface area contributed by atoms with Crippen molar-refractivity contribution in [2.45, 2.75) is 13.5 Å². The van der Waals surface area contributed by atoms with E-state index in [4.69, 9.17) is 16.3 Å². The minimum atomic E-state index is -0.0773. The van der Waals surface area contributed by atoms with E-state index in [2.05, 4.69) is 15.9 Å². The van der Waals surface area contributed by atoms with Crippen LogP contribution in [0.1, 0.15) is 22.8 Å². The second-order valence-corrected chi connectivity index (χ2v) is 5.35. The molecule has 2 rings (SSSR count). The Kier molecular flexibility index (Phi) is 4.61. The molecule has 0 radical (unpaired) electrons. The molecule has 4 heteroatoms. The normalized spacial score (nSPS) is 10.3. The number of ketones is 1. The molecule has 0 aliphatic rings. The zero-order chi connectivity index (χ0) is 13.8. The number of Topliss-reactive ketones (excluding diaryl/α,β-unsaturated/α-hetero) is 1. The largest absolute Gasteiger partial charge is 0.489 e. The molecule has 0 aliphatic heterocycles. The Balaban J connectivity index is 2.16. The summed E-state index contributed by atoms with van der Waals surface area (Å²) in [6, 6.07) is 13.3. The van der Waals surface area contributed by atoms with E-state index in [1.807, 2.05) is 30.3 Å². The summed E-state index contributed by atoms with van der Waals surface area (Å²) in [5.41, 5.74) is 1.55. The van der Waals surface area contributed by atoms with Crippen LogP contribution in [-0.2, 0) is 6.61 Å². The molecule has 0 fully saturated rings. The number of rotatable bonds is 4. The van der Waals surface area contributed by atoms with Crippen molar-refractivity contribution in [1.29, 1.82) is 0 Å². The molecule has 0 aliphatic carbocycles. The molecule has 0 aromatic heterocycles. The van der Waals surface area contributed by atoms with Crippen LogP contribution in [0.15, 0.2) is 46.9 Å². The molecule has 19 heavy (non-hydrogen) atoms. The molecule has 0 N–H and O–H groups in total. The summed E-state index contributed by atoms with van der Waals surface area (Å²) in [6.07, 6.45) is 0. The number of benzene rings is 2. The average molecular weight is 340 g/mol. The Labute approximate surface area is 125 Å². The fourth-order valence-corrected chi connectivity index (χ4v) is 2.89. The second kappa shape index (κ2) is 6.22. The smallest absolute Gasteiger partial charge is 0.162 e. The lowest BCUT2D eigenvalue weighted by Crippen LogP contribution is -1.99. The zero-order valence-electron chi connectivity index (χ0n) is 10.3. The van der Waals surface area contributed by atoms with E-state index in [1.165, 1.54) is 6.92 Å². The highest BCUT2D eigenvalue weighted by molar-refractivity contribution is 9.10. The van der Waals surface area contributed by atoms with Crippen LogP contribution in [0, 0.1) is 0 Å². The van der Waals surface area contributed by atoms with Gasteiger partial charge in [-0.2, -0.15) is 0 Å². The van der Waals surface area contributed by atoms with Crippen molar-refractivity contribution >= 4 is 33.3 Å². The number of hydrogen-bond acceptors (Lipinski definition) is 2. The highest BCUT2D eigenvalue weighted by atomic mass is 79.9. The van der Waals surface area contributed by atoms with Gasteiger partial charge in [-0.25, -0.2) is 0 Å². The summed E-state index contributed by atoms with van der Waals surface area (Å²) in [5.74, 6) is 0.553. The van der Waals surface area contributed by atoms with E-state index in [0.29, 0.717) is 27.4 Å². The van der Waals surface area contributed by atoms with Crippen molar-refractivity contribution < 1.29 is 9.53 Å². The van der Waals surface area contributed by atoms with Crippen LogP contribution in [-0.4, -0.2) is 5.78 Å². The molecule has 0 saturated heterocycles. The van der Waals surface area contributed by atoms with Crippen molar-refractivity contribution in [1.82, 2.24) is 0 Å². The molecular weight excluding hydrogens is 328 g/mol. The van der Waals surface area contributed by atoms with Gasteiger partial charge in [0, 0.05) is 4.47 Å². The molecule has 2 aromatic rings. The number of carbonyl (C=O) groups is 1. The molecule has 0 amide bonds. The molecule has 2 nitrogen and oxygen atoms in total. The van der Waals surface area contributed by atoms with Crippen molar-refractivity contribution in [3.05, 3.63) is 63.1 Å². The summed E-state index contributed by atoms with van der Waals surface area (Å²) >= 11 is 9.42. The predicted octanol–water partition coefficient (Wildman–Crippen LogP) is 4.88. The minimum Gasteiger partial charge on any atom is -0.489 e. The Hall–Kier alpha value is -1.32. The fraction of sp³-hybridized carbons (Fsp3) is 0.133. The van der Waals surface area contributed by atoms with Gasteiger partial charge < -0.3 is 4.74 Å². The van der Waals surface area contributed by atoms with Gasteiger partial charge in [-0.15, -0.1) is 0 Å². The quantitative estimate of drug-likeness (QED) is 0.742. The third-order valence-corrected chi connectivity index (χ3v) is 3.54. The Morgan fingerprint density at radius 2 is 1.95 bits per heavy atom. The molecule has 0 unspecified atom stereocenters. The molecule has 98 valence electrons. The van der Waals surface area contributed by atoms with E-state index < -0.39 is 0 Å². The Bertz CT molecular complexity index is 573. The summed E-state index contributed by atoms with van der Waals surface area (Å²) in [7, 11) is 0. The first-order valence-electron chi connectivity index (χ1n) is 5.74. The predicted molar refractivity (Wildman–Crippen MR) is 79.9 cm³/mol. The number of ether oxygens (including phenoxy) is 1. The summed E-state index contributed by atoms with van der Waals surface area (Å²) < 4.78 is 6.31. The minimum absolute atomic E-state index is 0.0773. The molecule has 0 spiro atoms. The van der Waals surface area contributed by atoms with Gasteiger partial charge in [0.1, 0.15) is 12.4 Å². The van der Waals surface area contributed by atoms with Crippen molar-refractivity contribution in [2.75, 3.05) is 0 Å². The first-order valence-corrected chi connectivity index (χ1v) is 6.91. The van der Waals surface area contributed by atoms with Gasteiger partial charge in [0.25, 0.3) is 0 Å². The Morgan fingerprint density at radius 1 is 1.26 bits per heavy atom. The molecular formula is C15H12BrClO2. The van der Waals surface area contributed by atoms with Crippen LogP contribution in [0.3, 0.4) is 0 Å². The summed E-state index contributed by atoms with van der Waals surface area (Å²) in [5, 5.41) is 0.393. The molecule has 0 saturated carbocycles. The van der Waals surface area contributed by atoms with Crippen LogP contribution in [0.4, 0.5) is 0 Å². The first kappa shape index (κ1) is 14.1. The number of carbonyl (C=O) groups excluding carboxylic acids is 1. The number of hydrogen-bond donors (Lipinski definition) is 0. The van der Waals surface area contributed by atoms with Crippen molar-refractivity contribution in [2.24, 2.45) is 0 Å². The van der Waals surface area contributed by atoms with Gasteiger partial charge in [-0.05, 0) is 40.5 Å². The van der Waals surface area contributed by atoms with Crippen LogP contribution >= 0.6 is 27.5 Å². The maximum atomic E-state index is 11.4. The molecule has 0 atom stereocenters. The van der Waals surface area contributed by atoms with E-state index in [9.17, 15) is 4.79 Å². The summed E-state index contributed by atoms with van der Waals surface area (Å²) in [6.45, 7) is 1.94. The monoisotopic (exact) mass is 338 g/mol. The fourth-order valence-electron chi connectivity index (χ4n) is 1.71.